The van der Waals surface area contributed by atoms with Crippen molar-refractivity contribution in [2.24, 2.45) is 0 Å². The zero-order chi connectivity index (χ0) is 19.3. The number of ether oxygens (including phenoxy) is 1. The van der Waals surface area contributed by atoms with Crippen LogP contribution in [0.4, 0.5) is 4.39 Å². The van der Waals surface area contributed by atoms with Gasteiger partial charge in [0.25, 0.3) is 11.5 Å². The molecular formula is C18H14ClFN2O5. The van der Waals surface area contributed by atoms with Crippen molar-refractivity contribution < 1.29 is 23.8 Å². The Kier molecular flexibility index (Phi) is 4.15. The molecule has 27 heavy (non-hydrogen) atoms. The van der Waals surface area contributed by atoms with Crippen molar-refractivity contribution >= 4 is 23.5 Å². The van der Waals surface area contributed by atoms with Crippen LogP contribution in [0.25, 0.3) is 0 Å². The molecule has 0 radical (unpaired) electrons. The van der Waals surface area contributed by atoms with Gasteiger partial charge in [0.15, 0.2) is 5.75 Å². The number of nitrogens with zero attached hydrogens (tertiary/aromatic N) is 2. The number of fused-ring (bicyclic) bond motifs is 3. The Bertz CT molecular complexity index is 1050. The highest BCUT2D eigenvalue weighted by molar-refractivity contribution is 6.30. The number of rotatable bonds is 2. The van der Waals surface area contributed by atoms with E-state index in [-0.39, 0.29) is 48.9 Å². The van der Waals surface area contributed by atoms with Crippen LogP contribution in [0.1, 0.15) is 32.0 Å². The van der Waals surface area contributed by atoms with E-state index in [0.29, 0.717) is 11.1 Å². The third-order valence-corrected chi connectivity index (χ3v) is 5.06. The Morgan fingerprint density at radius 2 is 2.00 bits per heavy atom. The number of halogens is 2. The summed E-state index contributed by atoms with van der Waals surface area (Å²) < 4.78 is 19.5. The van der Waals surface area contributed by atoms with Gasteiger partial charge < -0.3 is 14.7 Å². The van der Waals surface area contributed by atoms with Crippen molar-refractivity contribution in [3.63, 3.8) is 0 Å². The highest BCUT2D eigenvalue weighted by atomic mass is 35.5. The molecule has 0 unspecified atom stereocenters. The van der Waals surface area contributed by atoms with E-state index in [1.807, 2.05) is 0 Å². The molecule has 0 saturated carbocycles. The Morgan fingerprint density at radius 3 is 2.74 bits per heavy atom. The van der Waals surface area contributed by atoms with Gasteiger partial charge in [-0.1, -0.05) is 17.7 Å². The van der Waals surface area contributed by atoms with Crippen molar-refractivity contribution in [3.8, 4) is 5.75 Å². The molecule has 2 aliphatic heterocycles. The van der Waals surface area contributed by atoms with E-state index in [2.05, 4.69) is 0 Å². The second kappa shape index (κ2) is 6.38. The summed E-state index contributed by atoms with van der Waals surface area (Å²) in [5, 5.41) is 10.3. The molecule has 3 heterocycles. The predicted molar refractivity (Wildman–Crippen MR) is 92.5 cm³/mol. The van der Waals surface area contributed by atoms with Crippen LogP contribution in [-0.4, -0.2) is 39.6 Å². The van der Waals surface area contributed by atoms with E-state index >= 15 is 0 Å². The largest absolute Gasteiger partial charge is 0.502 e. The topological polar surface area (TPSA) is 88.8 Å². The number of pyridine rings is 1. The van der Waals surface area contributed by atoms with Crippen molar-refractivity contribution in [2.45, 2.75) is 19.5 Å². The fraction of sp³-hybridized carbons (Fsp3) is 0.278. The number of hydrogen-bond donors (Lipinski definition) is 1. The van der Waals surface area contributed by atoms with Gasteiger partial charge in [-0.15, -0.1) is 0 Å². The normalized spacial score (nSPS) is 16.0. The molecule has 7 nitrogen and oxygen atoms in total. The minimum atomic E-state index is -0.791. The number of benzene rings is 1. The number of aromatic nitrogens is 1. The molecule has 1 N–H and O–H groups in total. The number of esters is 1. The van der Waals surface area contributed by atoms with Gasteiger partial charge in [-0.05, 0) is 24.1 Å². The molecular weight excluding hydrogens is 379 g/mol. The van der Waals surface area contributed by atoms with E-state index in [1.54, 1.807) is 0 Å². The minimum absolute atomic E-state index is 0.0249. The van der Waals surface area contributed by atoms with Gasteiger partial charge in [-0.25, -0.2) is 9.18 Å². The number of carbonyl (C=O) groups is 2. The van der Waals surface area contributed by atoms with Gasteiger partial charge in [0.05, 0.1) is 17.1 Å². The van der Waals surface area contributed by atoms with E-state index in [1.165, 1.54) is 23.1 Å². The Hall–Kier alpha value is -2.87. The van der Waals surface area contributed by atoms with Crippen LogP contribution < -0.4 is 5.56 Å². The van der Waals surface area contributed by atoms with Gasteiger partial charge in [0, 0.05) is 18.7 Å². The van der Waals surface area contributed by atoms with Crippen LogP contribution in [0.15, 0.2) is 23.0 Å². The zero-order valence-corrected chi connectivity index (χ0v) is 14.8. The third-order valence-electron chi connectivity index (χ3n) is 4.77. The number of amides is 1. The van der Waals surface area contributed by atoms with Gasteiger partial charge in [-0.3, -0.25) is 14.2 Å². The van der Waals surface area contributed by atoms with Crippen LogP contribution in [-0.2, 0) is 24.2 Å². The Balaban J connectivity index is 1.75. The molecule has 4 rings (SSSR count). The summed E-state index contributed by atoms with van der Waals surface area (Å²) in [6.07, 6.45) is 0.272. The molecule has 2 aromatic rings. The predicted octanol–water partition coefficient (Wildman–Crippen LogP) is 1.72. The number of carbonyl (C=O) groups excluding carboxylic acids is 2. The molecule has 0 bridgehead atoms. The molecule has 0 atom stereocenters. The van der Waals surface area contributed by atoms with Gasteiger partial charge in [0.1, 0.15) is 18.1 Å². The summed E-state index contributed by atoms with van der Waals surface area (Å²) in [5.41, 5.74) is -0.0242. The molecule has 1 aromatic heterocycles. The summed E-state index contributed by atoms with van der Waals surface area (Å²) >= 11 is 5.78. The standard InChI is InChI=1S/C18H14ClFN2O5/c19-11-7-9(1-2-12(11)20)8-21-4-3-10-13(16(21)24)15(23)17(25)22-5-6-27-18(26)14(10)22/h1-2,7,23H,3-6,8H2. The summed E-state index contributed by atoms with van der Waals surface area (Å²) in [6.45, 7) is 0.557. The summed E-state index contributed by atoms with van der Waals surface area (Å²) in [4.78, 5) is 38.8. The van der Waals surface area contributed by atoms with Gasteiger partial charge in [0.2, 0.25) is 0 Å². The fourth-order valence-corrected chi connectivity index (χ4v) is 3.70. The first-order chi connectivity index (χ1) is 12.9. The lowest BCUT2D eigenvalue weighted by Crippen LogP contribution is -2.43. The molecule has 0 saturated heterocycles. The fourth-order valence-electron chi connectivity index (χ4n) is 3.49. The maximum atomic E-state index is 13.3. The van der Waals surface area contributed by atoms with Crippen LogP contribution in [0, 0.1) is 5.82 Å². The number of aromatic hydroxyl groups is 1. The van der Waals surface area contributed by atoms with Crippen LogP contribution in [0.2, 0.25) is 5.02 Å². The maximum absolute atomic E-state index is 13.3. The monoisotopic (exact) mass is 392 g/mol. The van der Waals surface area contributed by atoms with Crippen molar-refractivity contribution in [1.82, 2.24) is 9.47 Å². The molecule has 0 spiro atoms. The van der Waals surface area contributed by atoms with Crippen LogP contribution in [0.3, 0.4) is 0 Å². The lowest BCUT2D eigenvalue weighted by atomic mass is 9.95. The number of cyclic esters (lactones) is 1. The minimum Gasteiger partial charge on any atom is -0.502 e. The summed E-state index contributed by atoms with van der Waals surface area (Å²) in [6, 6.07) is 4.12. The second-order valence-corrected chi connectivity index (χ2v) is 6.78. The molecule has 9 heteroatoms. The van der Waals surface area contributed by atoms with E-state index in [4.69, 9.17) is 16.3 Å². The summed E-state index contributed by atoms with van der Waals surface area (Å²) in [7, 11) is 0. The average molecular weight is 393 g/mol. The van der Waals surface area contributed by atoms with Crippen molar-refractivity contribution in [3.05, 3.63) is 61.8 Å². The van der Waals surface area contributed by atoms with E-state index in [9.17, 15) is 23.9 Å². The lowest BCUT2D eigenvalue weighted by Gasteiger charge is -2.31. The SMILES string of the molecule is O=C1OCCn2c1c1c(c(O)c2=O)C(=O)N(Cc2ccc(F)c(Cl)c2)CC1. The molecule has 140 valence electrons. The first-order valence-electron chi connectivity index (χ1n) is 8.27. The Morgan fingerprint density at radius 1 is 1.22 bits per heavy atom. The highest BCUT2D eigenvalue weighted by Gasteiger charge is 2.36. The summed E-state index contributed by atoms with van der Waals surface area (Å²) in [5.74, 6) is -2.49. The average Bonchev–Trinajstić information content (AvgIpc) is 2.64. The first kappa shape index (κ1) is 17.5. The smallest absolute Gasteiger partial charge is 0.355 e. The highest BCUT2D eigenvalue weighted by Crippen LogP contribution is 2.30. The van der Waals surface area contributed by atoms with Gasteiger partial charge in [-0.2, -0.15) is 0 Å². The molecule has 2 aliphatic rings. The second-order valence-electron chi connectivity index (χ2n) is 6.37. The van der Waals surface area contributed by atoms with E-state index < -0.39 is 29.0 Å². The first-order valence-corrected chi connectivity index (χ1v) is 8.65. The van der Waals surface area contributed by atoms with Crippen molar-refractivity contribution in [2.75, 3.05) is 13.2 Å². The van der Waals surface area contributed by atoms with Crippen LogP contribution in [0.5, 0.6) is 5.75 Å². The van der Waals surface area contributed by atoms with Gasteiger partial charge >= 0.3 is 5.97 Å². The zero-order valence-electron chi connectivity index (χ0n) is 14.0. The van der Waals surface area contributed by atoms with Crippen molar-refractivity contribution in [1.29, 1.82) is 0 Å². The Labute approximate surface area is 157 Å². The van der Waals surface area contributed by atoms with Crippen LogP contribution >= 0.6 is 11.6 Å². The van der Waals surface area contributed by atoms with E-state index in [0.717, 1.165) is 4.57 Å². The molecule has 0 aliphatic carbocycles. The quantitative estimate of drug-likeness (QED) is 0.786. The molecule has 0 fully saturated rings. The third kappa shape index (κ3) is 2.76. The number of hydrogen-bond acceptors (Lipinski definition) is 5. The maximum Gasteiger partial charge on any atom is 0.355 e. The lowest BCUT2D eigenvalue weighted by molar-refractivity contribution is 0.0411. The molecule has 1 aromatic carbocycles. The molecule has 1 amide bonds.